The van der Waals surface area contributed by atoms with Gasteiger partial charge in [0.15, 0.2) is 0 Å². The highest BCUT2D eigenvalue weighted by molar-refractivity contribution is 7.18. The molecule has 0 unspecified atom stereocenters. The Bertz CT molecular complexity index is 1640. The van der Waals surface area contributed by atoms with E-state index in [0.717, 1.165) is 79.8 Å². The predicted octanol–water partition coefficient (Wildman–Crippen LogP) is 6.40. The second-order valence-electron chi connectivity index (χ2n) is 12.3. The second kappa shape index (κ2) is 11.1. The van der Waals surface area contributed by atoms with Crippen LogP contribution in [-0.2, 0) is 19.5 Å². The quantitative estimate of drug-likeness (QED) is 0.246. The largest absolute Gasteiger partial charge is 0.393 e. The van der Waals surface area contributed by atoms with Gasteiger partial charge in [-0.05, 0) is 81.8 Å². The summed E-state index contributed by atoms with van der Waals surface area (Å²) in [5.74, 6) is 1.18. The summed E-state index contributed by atoms with van der Waals surface area (Å²) in [6.07, 6.45) is 0.279. The van der Waals surface area contributed by atoms with Crippen LogP contribution in [0.15, 0.2) is 30.6 Å². The number of hydrogen-bond acceptors (Lipinski definition) is 7. The Labute approximate surface area is 247 Å². The fourth-order valence-corrected chi connectivity index (χ4v) is 7.79. The third-order valence-corrected chi connectivity index (χ3v) is 10.2. The normalized spacial score (nSPS) is 22.0. The van der Waals surface area contributed by atoms with E-state index < -0.39 is 12.6 Å². The highest BCUT2D eigenvalue weighted by atomic mass is 32.1. The van der Waals surface area contributed by atoms with Gasteiger partial charge in [0.05, 0.1) is 11.8 Å². The Morgan fingerprint density at radius 2 is 1.90 bits per heavy atom. The number of nitrogens with zero attached hydrogens (tertiary/aromatic N) is 5. The minimum Gasteiger partial charge on any atom is -0.367 e. The van der Waals surface area contributed by atoms with Gasteiger partial charge in [0.2, 0.25) is 0 Å². The third kappa shape index (κ3) is 5.85. The Balaban J connectivity index is 1.10. The first kappa shape index (κ1) is 28.9. The highest BCUT2D eigenvalue weighted by Gasteiger charge is 2.39. The van der Waals surface area contributed by atoms with E-state index in [0.29, 0.717) is 22.0 Å². The van der Waals surface area contributed by atoms with Crippen LogP contribution < -0.4 is 10.6 Å². The maximum atomic E-state index is 12.9. The number of benzene rings is 1. The van der Waals surface area contributed by atoms with Gasteiger partial charge in [0.25, 0.3) is 0 Å². The number of aromatic nitrogens is 3. The van der Waals surface area contributed by atoms with Crippen LogP contribution in [0.4, 0.5) is 19.0 Å². The third-order valence-electron chi connectivity index (χ3n) is 9.18. The van der Waals surface area contributed by atoms with Gasteiger partial charge in [-0.25, -0.2) is 9.97 Å². The maximum absolute atomic E-state index is 12.9. The summed E-state index contributed by atoms with van der Waals surface area (Å²) in [4.78, 5) is 11.8. The number of nitrogens with one attached hydrogen (secondary N) is 2. The number of hydrogen-bond donors (Lipinski definition) is 2. The Kier molecular flexibility index (Phi) is 7.66. The Morgan fingerprint density at radius 1 is 1.14 bits per heavy atom. The fraction of sp³-hybridized carbons (Fsp3) is 0.516. The number of thiophene rings is 1. The van der Waals surface area contributed by atoms with Crippen molar-refractivity contribution in [2.24, 2.45) is 5.92 Å². The Hall–Kier alpha value is -3.20. The number of aryl methyl sites for hydroxylation is 1. The molecule has 2 aliphatic rings. The molecule has 1 saturated heterocycles. The van der Waals surface area contributed by atoms with Crippen LogP contribution in [0.5, 0.6) is 0 Å². The molecule has 1 aliphatic heterocycles. The molecule has 42 heavy (non-hydrogen) atoms. The summed E-state index contributed by atoms with van der Waals surface area (Å²) in [5.41, 5.74) is 4.57. The molecule has 0 atom stereocenters. The van der Waals surface area contributed by atoms with Crippen molar-refractivity contribution in [3.05, 3.63) is 52.3 Å². The zero-order chi connectivity index (χ0) is 29.6. The molecule has 3 aromatic heterocycles. The molecule has 0 radical (unpaired) electrons. The number of nitriles is 1. The van der Waals surface area contributed by atoms with Crippen LogP contribution in [0.1, 0.15) is 54.3 Å². The first-order valence-corrected chi connectivity index (χ1v) is 15.4. The van der Waals surface area contributed by atoms with Gasteiger partial charge in [0.1, 0.15) is 28.7 Å². The van der Waals surface area contributed by atoms with Crippen LogP contribution in [0.25, 0.3) is 21.1 Å². The van der Waals surface area contributed by atoms with E-state index >= 15 is 0 Å². The molecule has 2 N–H and O–H groups in total. The highest BCUT2D eigenvalue weighted by Crippen LogP contribution is 2.39. The van der Waals surface area contributed by atoms with Crippen molar-refractivity contribution in [1.29, 1.82) is 5.26 Å². The molecular weight excluding hydrogens is 559 g/mol. The summed E-state index contributed by atoms with van der Waals surface area (Å²) in [6.45, 7) is 7.94. The van der Waals surface area contributed by atoms with Gasteiger partial charge < -0.3 is 15.2 Å². The van der Waals surface area contributed by atoms with E-state index in [1.807, 2.05) is 13.1 Å². The molecule has 0 amide bonds. The molecule has 1 aromatic carbocycles. The smallest absolute Gasteiger partial charge is 0.367 e. The first-order valence-electron chi connectivity index (χ1n) is 14.5. The molecule has 0 bridgehead atoms. The number of fused-ring (bicyclic) bond motifs is 2. The van der Waals surface area contributed by atoms with Crippen molar-refractivity contribution in [2.45, 2.75) is 76.8 Å². The van der Waals surface area contributed by atoms with E-state index in [1.165, 1.54) is 17.5 Å². The molecule has 4 aromatic rings. The number of anilines is 1. The average Bonchev–Trinajstić information content (AvgIpc) is 3.50. The van der Waals surface area contributed by atoms with Crippen LogP contribution in [0.3, 0.4) is 0 Å². The monoisotopic (exact) mass is 595 g/mol. The molecule has 1 aliphatic carbocycles. The van der Waals surface area contributed by atoms with Crippen LogP contribution >= 0.6 is 11.3 Å². The van der Waals surface area contributed by atoms with Crippen molar-refractivity contribution in [2.75, 3.05) is 25.5 Å². The van der Waals surface area contributed by atoms with E-state index in [1.54, 1.807) is 6.07 Å². The number of alkyl halides is 3. The lowest BCUT2D eigenvalue weighted by Gasteiger charge is -2.45. The number of halogens is 3. The number of piperidine rings is 1. The minimum absolute atomic E-state index is 0.192. The zero-order valence-electron chi connectivity index (χ0n) is 24.2. The lowest BCUT2D eigenvalue weighted by molar-refractivity contribution is -0.126. The predicted molar refractivity (Wildman–Crippen MR) is 161 cm³/mol. The molecule has 11 heteroatoms. The molecule has 6 rings (SSSR count). The fourth-order valence-electron chi connectivity index (χ4n) is 6.76. The summed E-state index contributed by atoms with van der Waals surface area (Å²) < 4.78 is 40.9. The van der Waals surface area contributed by atoms with Crippen molar-refractivity contribution in [3.8, 4) is 6.07 Å². The van der Waals surface area contributed by atoms with Crippen LogP contribution in [0.2, 0.25) is 0 Å². The van der Waals surface area contributed by atoms with E-state index in [4.69, 9.17) is 0 Å². The molecule has 1 saturated carbocycles. The van der Waals surface area contributed by atoms with Crippen molar-refractivity contribution in [3.63, 3.8) is 0 Å². The first-order chi connectivity index (χ1) is 20.0. The van der Waals surface area contributed by atoms with Crippen molar-refractivity contribution < 1.29 is 13.2 Å². The topological polar surface area (TPSA) is 81.8 Å². The maximum Gasteiger partial charge on any atom is 0.393 e. The van der Waals surface area contributed by atoms with Gasteiger partial charge in [0, 0.05) is 53.5 Å². The van der Waals surface area contributed by atoms with Crippen LogP contribution in [-0.4, -0.2) is 57.3 Å². The molecule has 4 heterocycles. The molecule has 2 fully saturated rings. The SMILES string of the molecule is CNC1(C)CC(Cn2c(C#N)cc3c(C)c(CN4CCC(Nc5ncnc6sc(CC(F)(F)F)cc56)CC4)ccc32)C1. The van der Waals surface area contributed by atoms with Gasteiger partial charge in [-0.15, -0.1) is 11.3 Å². The van der Waals surface area contributed by atoms with Crippen LogP contribution in [0, 0.1) is 24.2 Å². The molecule has 7 nitrogen and oxygen atoms in total. The summed E-state index contributed by atoms with van der Waals surface area (Å²) >= 11 is 1.07. The molecular formula is C31H36F3N7S. The molecule has 0 spiro atoms. The summed E-state index contributed by atoms with van der Waals surface area (Å²) in [5, 5.41) is 18.6. The van der Waals surface area contributed by atoms with Crippen molar-refractivity contribution >= 4 is 38.3 Å². The van der Waals surface area contributed by atoms with Gasteiger partial charge >= 0.3 is 6.18 Å². The van der Waals surface area contributed by atoms with Gasteiger partial charge in [-0.2, -0.15) is 18.4 Å². The van der Waals surface area contributed by atoms with Gasteiger partial charge in [-0.3, -0.25) is 4.90 Å². The summed E-state index contributed by atoms with van der Waals surface area (Å²) in [6, 6.07) is 10.6. The second-order valence-corrected chi connectivity index (χ2v) is 13.4. The number of likely N-dealkylation sites (tertiary alicyclic amines) is 1. The number of rotatable bonds is 8. The Morgan fingerprint density at radius 3 is 2.60 bits per heavy atom. The van der Waals surface area contributed by atoms with Crippen molar-refractivity contribution in [1.82, 2.24) is 24.8 Å². The van der Waals surface area contributed by atoms with E-state index in [9.17, 15) is 18.4 Å². The lowest BCUT2D eigenvalue weighted by atomic mass is 9.69. The minimum atomic E-state index is -4.25. The van der Waals surface area contributed by atoms with E-state index in [-0.39, 0.29) is 16.5 Å². The zero-order valence-corrected chi connectivity index (χ0v) is 25.0. The standard InChI is InChI=1S/C31H36F3N7S/c1-19-21(4-5-27-25(19)10-23(15-35)41(27)16-20-12-30(2,13-20)36-3)17-40-8-6-22(7-9-40)39-28-26-11-24(14-31(32,33)34)42-29(26)38-18-37-28/h4-5,10-11,18,20,22,36H,6-9,12-14,16-17H2,1-3H3,(H,37,38,39). The average molecular weight is 596 g/mol. The molecule has 222 valence electrons. The van der Waals surface area contributed by atoms with E-state index in [2.05, 4.69) is 62.1 Å². The summed E-state index contributed by atoms with van der Waals surface area (Å²) in [7, 11) is 2.02. The van der Waals surface area contributed by atoms with Gasteiger partial charge in [-0.1, -0.05) is 6.07 Å². The lowest BCUT2D eigenvalue weighted by Crippen LogP contribution is -2.52.